The molecular weight excluding hydrogens is 374 g/mol. The van der Waals surface area contributed by atoms with Crippen molar-refractivity contribution < 1.29 is 18.6 Å². The number of anilines is 1. The van der Waals surface area contributed by atoms with Gasteiger partial charge in [0.2, 0.25) is 5.91 Å². The van der Waals surface area contributed by atoms with Gasteiger partial charge < -0.3 is 19.3 Å². The van der Waals surface area contributed by atoms with Gasteiger partial charge in [0, 0.05) is 43.9 Å². The standard InChI is InChI=1S/C20H21N5O4/c1-14-11-18(23-28-14)21-19(26)13-24-7-9-25(10-8-24)20(27)16-12-17(29-22-16)15-5-3-2-4-6-15/h2-6,11-12H,7-10,13H2,1H3,(H,21,23,26). The van der Waals surface area contributed by atoms with E-state index in [0.29, 0.717) is 43.5 Å². The van der Waals surface area contributed by atoms with Crippen LogP contribution in [-0.4, -0.2) is 64.7 Å². The number of carbonyl (C=O) groups is 2. The molecule has 2 aromatic heterocycles. The summed E-state index contributed by atoms with van der Waals surface area (Å²) in [6.07, 6.45) is 0. The van der Waals surface area contributed by atoms with Gasteiger partial charge in [0.05, 0.1) is 6.54 Å². The molecule has 0 unspecified atom stereocenters. The van der Waals surface area contributed by atoms with E-state index in [4.69, 9.17) is 9.05 Å². The second-order valence-electron chi connectivity index (χ2n) is 6.88. The molecule has 0 spiro atoms. The van der Waals surface area contributed by atoms with Gasteiger partial charge in [-0.2, -0.15) is 0 Å². The van der Waals surface area contributed by atoms with E-state index in [1.54, 1.807) is 24.0 Å². The summed E-state index contributed by atoms with van der Waals surface area (Å²) in [7, 11) is 0. The molecule has 3 aromatic rings. The zero-order chi connectivity index (χ0) is 20.2. The van der Waals surface area contributed by atoms with Crippen LogP contribution in [0.15, 0.2) is 51.5 Å². The fourth-order valence-corrected chi connectivity index (χ4v) is 3.20. The summed E-state index contributed by atoms with van der Waals surface area (Å²) in [5.74, 6) is 1.27. The van der Waals surface area contributed by atoms with Gasteiger partial charge in [0.25, 0.3) is 5.91 Å². The maximum absolute atomic E-state index is 12.7. The molecule has 1 fully saturated rings. The molecule has 1 N–H and O–H groups in total. The molecule has 1 saturated heterocycles. The number of nitrogens with one attached hydrogen (secondary N) is 1. The van der Waals surface area contributed by atoms with Crippen LogP contribution in [0.2, 0.25) is 0 Å². The Morgan fingerprint density at radius 2 is 1.79 bits per heavy atom. The number of amides is 2. The van der Waals surface area contributed by atoms with Crippen LogP contribution < -0.4 is 5.32 Å². The van der Waals surface area contributed by atoms with Crippen molar-refractivity contribution >= 4 is 17.6 Å². The smallest absolute Gasteiger partial charge is 0.276 e. The first-order valence-electron chi connectivity index (χ1n) is 9.35. The lowest BCUT2D eigenvalue weighted by atomic mass is 10.1. The maximum Gasteiger partial charge on any atom is 0.276 e. The largest absolute Gasteiger partial charge is 0.360 e. The second-order valence-corrected chi connectivity index (χ2v) is 6.88. The molecule has 3 heterocycles. The average Bonchev–Trinajstić information content (AvgIpc) is 3.38. The Balaban J connectivity index is 1.28. The van der Waals surface area contributed by atoms with E-state index in [2.05, 4.69) is 15.6 Å². The number of aryl methyl sites for hydroxylation is 1. The van der Waals surface area contributed by atoms with Crippen LogP contribution in [0.1, 0.15) is 16.2 Å². The molecule has 1 aliphatic heterocycles. The number of aromatic nitrogens is 2. The number of hydrogen-bond donors (Lipinski definition) is 1. The highest BCUT2D eigenvalue weighted by Crippen LogP contribution is 2.20. The van der Waals surface area contributed by atoms with Crippen LogP contribution in [0.25, 0.3) is 11.3 Å². The Hall–Kier alpha value is -3.46. The van der Waals surface area contributed by atoms with E-state index >= 15 is 0 Å². The second kappa shape index (κ2) is 8.27. The topological polar surface area (TPSA) is 105 Å². The van der Waals surface area contributed by atoms with Crippen molar-refractivity contribution in [3.8, 4) is 11.3 Å². The van der Waals surface area contributed by atoms with E-state index in [9.17, 15) is 9.59 Å². The molecular formula is C20H21N5O4. The number of hydrogen-bond acceptors (Lipinski definition) is 7. The highest BCUT2D eigenvalue weighted by atomic mass is 16.5. The first kappa shape index (κ1) is 18.9. The summed E-state index contributed by atoms with van der Waals surface area (Å²) in [5, 5.41) is 10.4. The van der Waals surface area contributed by atoms with Gasteiger partial charge in [-0.3, -0.25) is 14.5 Å². The lowest BCUT2D eigenvalue weighted by Gasteiger charge is -2.33. The van der Waals surface area contributed by atoms with Crippen molar-refractivity contribution in [2.45, 2.75) is 6.92 Å². The van der Waals surface area contributed by atoms with Gasteiger partial charge >= 0.3 is 0 Å². The highest BCUT2D eigenvalue weighted by molar-refractivity contribution is 5.93. The molecule has 1 aliphatic rings. The Morgan fingerprint density at radius 3 is 2.48 bits per heavy atom. The molecule has 9 heteroatoms. The predicted octanol–water partition coefficient (Wildman–Crippen LogP) is 2.03. The highest BCUT2D eigenvalue weighted by Gasteiger charge is 2.25. The van der Waals surface area contributed by atoms with Crippen LogP contribution in [-0.2, 0) is 4.79 Å². The monoisotopic (exact) mass is 395 g/mol. The molecule has 0 bridgehead atoms. The average molecular weight is 395 g/mol. The van der Waals surface area contributed by atoms with E-state index in [1.165, 1.54) is 0 Å². The Bertz CT molecular complexity index is 989. The number of benzene rings is 1. The molecule has 0 saturated carbocycles. The fraction of sp³-hybridized carbons (Fsp3) is 0.300. The first-order chi connectivity index (χ1) is 14.1. The maximum atomic E-state index is 12.7. The minimum atomic E-state index is -0.168. The van der Waals surface area contributed by atoms with Gasteiger partial charge in [-0.05, 0) is 6.92 Å². The van der Waals surface area contributed by atoms with Crippen LogP contribution >= 0.6 is 0 Å². The molecule has 0 aliphatic carbocycles. The summed E-state index contributed by atoms with van der Waals surface area (Å²) < 4.78 is 10.3. The van der Waals surface area contributed by atoms with E-state index in [-0.39, 0.29) is 24.1 Å². The quantitative estimate of drug-likeness (QED) is 0.705. The van der Waals surface area contributed by atoms with Crippen molar-refractivity contribution in [2.24, 2.45) is 0 Å². The summed E-state index contributed by atoms with van der Waals surface area (Å²) in [6.45, 7) is 4.22. The van der Waals surface area contributed by atoms with Crippen molar-refractivity contribution in [1.29, 1.82) is 0 Å². The van der Waals surface area contributed by atoms with Crippen molar-refractivity contribution in [1.82, 2.24) is 20.1 Å². The van der Waals surface area contributed by atoms with E-state index in [0.717, 1.165) is 5.56 Å². The predicted molar refractivity (Wildman–Crippen MR) is 104 cm³/mol. The molecule has 4 rings (SSSR count). The molecule has 0 radical (unpaired) electrons. The zero-order valence-electron chi connectivity index (χ0n) is 16.0. The summed E-state index contributed by atoms with van der Waals surface area (Å²) >= 11 is 0. The Kier molecular flexibility index (Phi) is 5.39. The van der Waals surface area contributed by atoms with Gasteiger partial charge in [-0.1, -0.05) is 40.6 Å². The van der Waals surface area contributed by atoms with Crippen molar-refractivity contribution in [3.63, 3.8) is 0 Å². The molecule has 2 amide bonds. The number of rotatable bonds is 5. The molecule has 0 atom stereocenters. The fourth-order valence-electron chi connectivity index (χ4n) is 3.20. The number of carbonyl (C=O) groups excluding carboxylic acids is 2. The normalized spacial score (nSPS) is 14.7. The third-order valence-corrected chi connectivity index (χ3v) is 4.71. The van der Waals surface area contributed by atoms with Crippen molar-refractivity contribution in [2.75, 3.05) is 38.0 Å². The minimum absolute atomic E-state index is 0.165. The third kappa shape index (κ3) is 4.52. The lowest BCUT2D eigenvalue weighted by molar-refractivity contribution is -0.117. The first-order valence-corrected chi connectivity index (χ1v) is 9.35. The third-order valence-electron chi connectivity index (χ3n) is 4.71. The Morgan fingerprint density at radius 1 is 1.03 bits per heavy atom. The van der Waals surface area contributed by atoms with Gasteiger partial charge in [0.1, 0.15) is 5.76 Å². The molecule has 1 aromatic carbocycles. The van der Waals surface area contributed by atoms with Gasteiger partial charge in [-0.25, -0.2) is 0 Å². The number of nitrogens with zero attached hydrogens (tertiary/aromatic N) is 4. The van der Waals surface area contributed by atoms with E-state index < -0.39 is 0 Å². The summed E-state index contributed by atoms with van der Waals surface area (Å²) in [6, 6.07) is 12.8. The summed E-state index contributed by atoms with van der Waals surface area (Å²) in [5.41, 5.74) is 1.16. The lowest BCUT2D eigenvalue weighted by Crippen LogP contribution is -2.50. The van der Waals surface area contributed by atoms with Crippen LogP contribution in [0.3, 0.4) is 0 Å². The van der Waals surface area contributed by atoms with Gasteiger partial charge in [-0.15, -0.1) is 0 Å². The minimum Gasteiger partial charge on any atom is -0.360 e. The SMILES string of the molecule is Cc1cc(NC(=O)CN2CCN(C(=O)c3cc(-c4ccccc4)on3)CC2)no1. The zero-order valence-corrected chi connectivity index (χ0v) is 16.0. The number of piperazine rings is 1. The van der Waals surface area contributed by atoms with Crippen molar-refractivity contribution in [3.05, 3.63) is 53.9 Å². The molecule has 29 heavy (non-hydrogen) atoms. The van der Waals surface area contributed by atoms with Crippen LogP contribution in [0.4, 0.5) is 5.82 Å². The molecule has 9 nitrogen and oxygen atoms in total. The van der Waals surface area contributed by atoms with Crippen LogP contribution in [0.5, 0.6) is 0 Å². The summed E-state index contributed by atoms with van der Waals surface area (Å²) in [4.78, 5) is 28.5. The Labute approximate surface area is 167 Å². The van der Waals surface area contributed by atoms with Gasteiger partial charge in [0.15, 0.2) is 17.3 Å². The van der Waals surface area contributed by atoms with E-state index in [1.807, 2.05) is 35.2 Å². The van der Waals surface area contributed by atoms with Crippen LogP contribution in [0, 0.1) is 6.92 Å². The molecule has 150 valence electrons.